The van der Waals surface area contributed by atoms with E-state index < -0.39 is 0 Å². The minimum Gasteiger partial charge on any atom is -0.487 e. The van der Waals surface area contributed by atoms with Crippen molar-refractivity contribution >= 4 is 0 Å². The van der Waals surface area contributed by atoms with Gasteiger partial charge in [0.05, 0.1) is 23.4 Å². The summed E-state index contributed by atoms with van der Waals surface area (Å²) in [5, 5.41) is 8.62. The zero-order chi connectivity index (χ0) is 24.5. The van der Waals surface area contributed by atoms with Gasteiger partial charge in [-0.15, -0.1) is 0 Å². The first-order valence-electron chi connectivity index (χ1n) is 12.2. The molecule has 0 N–H and O–H groups in total. The summed E-state index contributed by atoms with van der Waals surface area (Å²) < 4.78 is 13.3. The molecule has 1 aliphatic rings. The van der Waals surface area contributed by atoms with E-state index in [9.17, 15) is 0 Å². The third-order valence-electron chi connectivity index (χ3n) is 7.02. The summed E-state index contributed by atoms with van der Waals surface area (Å²) >= 11 is 0. The number of rotatable bonds is 8. The number of aromatic nitrogens is 5. The third-order valence-corrected chi connectivity index (χ3v) is 7.02. The van der Waals surface area contributed by atoms with Crippen LogP contribution in [0.5, 0.6) is 5.75 Å². The van der Waals surface area contributed by atoms with Crippen LogP contribution in [0.1, 0.15) is 36.7 Å². The summed E-state index contributed by atoms with van der Waals surface area (Å²) in [5.74, 6) is 2.45. The molecule has 0 saturated heterocycles. The molecule has 7 heteroatoms. The van der Waals surface area contributed by atoms with E-state index in [-0.39, 0.29) is 5.41 Å². The number of ether oxygens (including phenoxy) is 1. The lowest BCUT2D eigenvalue weighted by atomic mass is 9.76. The second-order valence-corrected chi connectivity index (χ2v) is 9.56. The molecule has 1 aliphatic carbocycles. The van der Waals surface area contributed by atoms with Crippen LogP contribution in [0.2, 0.25) is 0 Å². The molecule has 0 amide bonds. The molecule has 1 atom stereocenters. The minimum atomic E-state index is -0.318. The van der Waals surface area contributed by atoms with Crippen molar-refractivity contribution in [3.8, 4) is 28.3 Å². The molecule has 0 bridgehead atoms. The second-order valence-electron chi connectivity index (χ2n) is 9.56. The van der Waals surface area contributed by atoms with Gasteiger partial charge < -0.3 is 9.26 Å². The van der Waals surface area contributed by atoms with Crippen molar-refractivity contribution in [2.24, 2.45) is 13.0 Å². The molecule has 0 spiro atoms. The normalized spacial score (nSPS) is 14.9. The Balaban J connectivity index is 1.24. The SMILES string of the molecule is Cn1cc(-c2nc(C(C)(c3ccc(-c4cncc(OCc5ccccc5)c4)cc3)C3CC3)no2)cn1. The predicted molar refractivity (Wildman–Crippen MR) is 136 cm³/mol. The Morgan fingerprint density at radius 3 is 2.50 bits per heavy atom. The van der Waals surface area contributed by atoms with Crippen LogP contribution in [0.3, 0.4) is 0 Å². The van der Waals surface area contributed by atoms with E-state index in [0.29, 0.717) is 18.4 Å². The average molecular weight is 478 g/mol. The van der Waals surface area contributed by atoms with Gasteiger partial charge in [0, 0.05) is 25.0 Å². The molecule has 3 aromatic heterocycles. The number of nitrogens with zero attached hydrogens (tertiary/aromatic N) is 5. The summed E-state index contributed by atoms with van der Waals surface area (Å²) in [6.45, 7) is 2.73. The lowest BCUT2D eigenvalue weighted by molar-refractivity contribution is 0.305. The Kier molecular flexibility index (Phi) is 5.60. The maximum Gasteiger partial charge on any atom is 0.261 e. The van der Waals surface area contributed by atoms with Crippen molar-refractivity contribution in [1.82, 2.24) is 24.9 Å². The number of hydrogen-bond donors (Lipinski definition) is 0. The molecule has 2 aromatic carbocycles. The highest BCUT2D eigenvalue weighted by molar-refractivity contribution is 5.64. The number of benzene rings is 2. The summed E-state index contributed by atoms with van der Waals surface area (Å²) in [6, 6.07) is 20.8. The largest absolute Gasteiger partial charge is 0.487 e. The summed E-state index contributed by atoms with van der Waals surface area (Å²) in [7, 11) is 1.87. The summed E-state index contributed by atoms with van der Waals surface area (Å²) in [6.07, 6.45) is 9.54. The Labute approximate surface area is 209 Å². The third kappa shape index (κ3) is 4.28. The molecule has 0 aliphatic heterocycles. The quantitative estimate of drug-likeness (QED) is 0.280. The molecule has 6 rings (SSSR count). The predicted octanol–water partition coefficient (Wildman–Crippen LogP) is 5.83. The second kappa shape index (κ2) is 9.07. The van der Waals surface area contributed by atoms with Gasteiger partial charge >= 0.3 is 0 Å². The van der Waals surface area contributed by atoms with E-state index in [4.69, 9.17) is 14.2 Å². The van der Waals surface area contributed by atoms with Crippen LogP contribution in [0.25, 0.3) is 22.6 Å². The van der Waals surface area contributed by atoms with Gasteiger partial charge in [0.25, 0.3) is 5.89 Å². The molecule has 1 saturated carbocycles. The fourth-order valence-corrected chi connectivity index (χ4v) is 4.70. The molecule has 180 valence electrons. The lowest BCUT2D eigenvalue weighted by Gasteiger charge is -2.27. The summed E-state index contributed by atoms with van der Waals surface area (Å²) in [4.78, 5) is 9.18. The smallest absolute Gasteiger partial charge is 0.261 e. The zero-order valence-electron chi connectivity index (χ0n) is 20.3. The molecule has 0 radical (unpaired) electrons. The van der Waals surface area contributed by atoms with Crippen LogP contribution in [0.15, 0.2) is 90.0 Å². The summed E-state index contributed by atoms with van der Waals surface area (Å²) in [5.41, 5.74) is 4.90. The van der Waals surface area contributed by atoms with Gasteiger partial charge in [-0.3, -0.25) is 9.67 Å². The first-order chi connectivity index (χ1) is 17.6. The van der Waals surface area contributed by atoms with Crippen LogP contribution in [-0.2, 0) is 19.1 Å². The van der Waals surface area contributed by atoms with Crippen LogP contribution in [-0.4, -0.2) is 24.9 Å². The van der Waals surface area contributed by atoms with E-state index in [1.165, 1.54) is 5.56 Å². The van der Waals surface area contributed by atoms with Gasteiger partial charge in [0.15, 0.2) is 5.82 Å². The van der Waals surface area contributed by atoms with E-state index in [1.54, 1.807) is 17.1 Å². The topological polar surface area (TPSA) is 78.9 Å². The van der Waals surface area contributed by atoms with E-state index in [2.05, 4.69) is 58.6 Å². The standard InChI is InChI=1S/C29H27N5O2/c1-29(25-12-13-25,28-32-27(36-33-28)23-16-31-34(2)18-23)24-10-8-21(9-11-24)22-14-26(17-30-15-22)35-19-20-6-4-3-5-7-20/h3-11,14-18,25H,12-13,19H2,1-2H3. The Hall–Kier alpha value is -4.26. The van der Waals surface area contributed by atoms with Crippen LogP contribution in [0.4, 0.5) is 0 Å². The number of hydrogen-bond acceptors (Lipinski definition) is 6. The first-order valence-corrected chi connectivity index (χ1v) is 12.2. The van der Waals surface area contributed by atoms with Crippen LogP contribution < -0.4 is 4.74 Å². The maximum absolute atomic E-state index is 5.97. The molecular weight excluding hydrogens is 450 g/mol. The molecule has 36 heavy (non-hydrogen) atoms. The van der Waals surface area contributed by atoms with E-state index in [1.807, 2.05) is 43.7 Å². The van der Waals surface area contributed by atoms with Crippen molar-refractivity contribution in [2.75, 3.05) is 0 Å². The highest BCUT2D eigenvalue weighted by Gasteiger charge is 2.47. The molecule has 3 heterocycles. The van der Waals surface area contributed by atoms with Crippen molar-refractivity contribution in [3.63, 3.8) is 0 Å². The highest BCUT2D eigenvalue weighted by atomic mass is 16.5. The number of pyridine rings is 1. The molecular formula is C29H27N5O2. The van der Waals surface area contributed by atoms with Crippen molar-refractivity contribution in [1.29, 1.82) is 0 Å². The minimum absolute atomic E-state index is 0.318. The molecule has 5 aromatic rings. The first kappa shape index (κ1) is 22.2. The van der Waals surface area contributed by atoms with Gasteiger partial charge in [0.1, 0.15) is 12.4 Å². The van der Waals surface area contributed by atoms with Gasteiger partial charge in [-0.1, -0.05) is 59.8 Å². The Morgan fingerprint density at radius 2 is 1.78 bits per heavy atom. The molecule has 7 nitrogen and oxygen atoms in total. The van der Waals surface area contributed by atoms with Gasteiger partial charge in [-0.25, -0.2) is 0 Å². The fraction of sp³-hybridized carbons (Fsp3) is 0.241. The number of aryl methyl sites for hydroxylation is 1. The van der Waals surface area contributed by atoms with Crippen LogP contribution in [0, 0.1) is 5.92 Å². The zero-order valence-corrected chi connectivity index (χ0v) is 20.3. The average Bonchev–Trinajstić information content (AvgIpc) is 3.51. The Morgan fingerprint density at radius 1 is 0.972 bits per heavy atom. The monoisotopic (exact) mass is 477 g/mol. The van der Waals surface area contributed by atoms with Gasteiger partial charge in [0.2, 0.25) is 0 Å². The van der Waals surface area contributed by atoms with Crippen molar-refractivity contribution < 1.29 is 9.26 Å². The molecule has 1 unspecified atom stereocenters. The maximum atomic E-state index is 5.97. The van der Waals surface area contributed by atoms with Crippen LogP contribution >= 0.6 is 0 Å². The lowest BCUT2D eigenvalue weighted by Crippen LogP contribution is -2.28. The highest BCUT2D eigenvalue weighted by Crippen LogP contribution is 2.50. The van der Waals surface area contributed by atoms with Crippen molar-refractivity contribution in [2.45, 2.75) is 31.8 Å². The van der Waals surface area contributed by atoms with E-state index >= 15 is 0 Å². The molecule has 1 fully saturated rings. The Bertz CT molecular complexity index is 1470. The van der Waals surface area contributed by atoms with E-state index in [0.717, 1.165) is 46.7 Å². The van der Waals surface area contributed by atoms with Gasteiger partial charge in [-0.05, 0) is 48.4 Å². The fourth-order valence-electron chi connectivity index (χ4n) is 4.70. The van der Waals surface area contributed by atoms with Gasteiger partial charge in [-0.2, -0.15) is 10.1 Å². The van der Waals surface area contributed by atoms with Crippen molar-refractivity contribution in [3.05, 3.63) is 102 Å².